The number of pyridine rings is 1. The second kappa shape index (κ2) is 7.98. The van der Waals surface area contributed by atoms with Crippen molar-refractivity contribution in [1.29, 1.82) is 0 Å². The third kappa shape index (κ3) is 3.52. The van der Waals surface area contributed by atoms with Crippen molar-refractivity contribution in [2.75, 3.05) is 12.3 Å². The van der Waals surface area contributed by atoms with Gasteiger partial charge in [-0.15, -0.1) is 0 Å². The van der Waals surface area contributed by atoms with Crippen LogP contribution in [0.1, 0.15) is 31.1 Å². The van der Waals surface area contributed by atoms with E-state index in [4.69, 9.17) is 16.2 Å². The molecule has 4 rings (SSSR count). The summed E-state index contributed by atoms with van der Waals surface area (Å²) in [4.78, 5) is 13.4. The lowest BCUT2D eigenvalue weighted by molar-refractivity contribution is 0.227. The van der Waals surface area contributed by atoms with Gasteiger partial charge in [0.1, 0.15) is 17.7 Å². The van der Waals surface area contributed by atoms with Crippen LogP contribution in [0.15, 0.2) is 59.6 Å². The van der Waals surface area contributed by atoms with Crippen LogP contribution < -0.4 is 16.2 Å². The van der Waals surface area contributed by atoms with E-state index >= 15 is 0 Å². The number of allylic oxidation sites excluding steroid dienone is 1. The van der Waals surface area contributed by atoms with Gasteiger partial charge in [-0.3, -0.25) is 4.99 Å². The summed E-state index contributed by atoms with van der Waals surface area (Å²) < 4.78 is 22.2. The van der Waals surface area contributed by atoms with Crippen molar-refractivity contribution in [3.05, 3.63) is 71.6 Å². The molecule has 0 saturated carbocycles. The highest BCUT2D eigenvalue weighted by Crippen LogP contribution is 2.34. The minimum Gasteiger partial charge on any atom is -0.482 e. The molecule has 7 nitrogen and oxygen atoms in total. The number of nitrogens with two attached hydrogens (primary N) is 2. The minimum atomic E-state index is -0.490. The van der Waals surface area contributed by atoms with E-state index in [1.807, 2.05) is 24.6 Å². The highest BCUT2D eigenvalue weighted by atomic mass is 19.1. The Labute approximate surface area is 173 Å². The van der Waals surface area contributed by atoms with Crippen LogP contribution in [0.3, 0.4) is 0 Å². The second-order valence-corrected chi connectivity index (χ2v) is 6.99. The van der Waals surface area contributed by atoms with E-state index in [2.05, 4.69) is 15.0 Å². The molecule has 3 aromatic rings. The van der Waals surface area contributed by atoms with Crippen LogP contribution in [-0.2, 0) is 6.54 Å². The molecule has 8 heteroatoms. The summed E-state index contributed by atoms with van der Waals surface area (Å²) in [6.07, 6.45) is 6.27. The number of fused-ring (bicyclic) bond motifs is 5. The zero-order valence-corrected chi connectivity index (χ0v) is 16.8. The van der Waals surface area contributed by atoms with Gasteiger partial charge in [0.15, 0.2) is 11.6 Å². The Morgan fingerprint density at radius 3 is 2.93 bits per heavy atom. The largest absolute Gasteiger partial charge is 0.482 e. The van der Waals surface area contributed by atoms with Crippen LogP contribution in [0.5, 0.6) is 5.75 Å². The number of aromatic nitrogens is 3. The summed E-state index contributed by atoms with van der Waals surface area (Å²) in [5.41, 5.74) is 15.7. The summed E-state index contributed by atoms with van der Waals surface area (Å²) in [5.74, 6) is 0.982. The molecule has 154 valence electrons. The number of imidazole rings is 1. The van der Waals surface area contributed by atoms with Crippen molar-refractivity contribution in [2.24, 2.45) is 10.7 Å². The average Bonchev–Trinajstić information content (AvgIpc) is 3.19. The fourth-order valence-corrected chi connectivity index (χ4v) is 3.61. The molecule has 30 heavy (non-hydrogen) atoms. The van der Waals surface area contributed by atoms with Crippen LogP contribution in [0, 0.1) is 5.82 Å². The molecule has 1 atom stereocenters. The number of aliphatic imine (C=N–C) groups is 1. The maximum absolute atomic E-state index is 14.1. The molecule has 0 spiro atoms. The fourth-order valence-electron chi connectivity index (χ4n) is 3.61. The molecule has 4 N–H and O–H groups in total. The van der Waals surface area contributed by atoms with Gasteiger partial charge in [-0.1, -0.05) is 0 Å². The lowest BCUT2D eigenvalue weighted by atomic mass is 10.0. The normalized spacial score (nSPS) is 18.8. The van der Waals surface area contributed by atoms with Gasteiger partial charge in [0, 0.05) is 53.6 Å². The minimum absolute atomic E-state index is 0.247. The Morgan fingerprint density at radius 1 is 1.33 bits per heavy atom. The Morgan fingerprint density at radius 2 is 2.17 bits per heavy atom. The number of rotatable bonds is 1. The van der Waals surface area contributed by atoms with Crippen molar-refractivity contribution < 1.29 is 9.13 Å². The van der Waals surface area contributed by atoms with Gasteiger partial charge < -0.3 is 20.8 Å². The van der Waals surface area contributed by atoms with Crippen molar-refractivity contribution in [3.63, 3.8) is 0 Å². The van der Waals surface area contributed by atoms with Crippen molar-refractivity contribution in [2.45, 2.75) is 26.5 Å². The Kier molecular flexibility index (Phi) is 5.22. The van der Waals surface area contributed by atoms with E-state index < -0.39 is 6.10 Å². The molecule has 0 radical (unpaired) electrons. The molecule has 1 aliphatic heterocycles. The Bertz CT molecular complexity index is 1150. The highest BCUT2D eigenvalue weighted by Gasteiger charge is 2.22. The summed E-state index contributed by atoms with van der Waals surface area (Å²) in [5, 5.41) is 0. The zero-order chi connectivity index (χ0) is 21.3. The third-order valence-electron chi connectivity index (χ3n) is 5.03. The highest BCUT2D eigenvalue weighted by molar-refractivity contribution is 6.12. The SMILES string of the molecule is CCN=C1C(=CN)Cn2ccnc2-c2ccc(F)cc2[C@@H](C)Oc2cc1cnc2N. The van der Waals surface area contributed by atoms with Crippen molar-refractivity contribution in [1.82, 2.24) is 14.5 Å². The van der Waals surface area contributed by atoms with Gasteiger partial charge in [0.05, 0.1) is 12.3 Å². The maximum atomic E-state index is 14.1. The van der Waals surface area contributed by atoms with E-state index in [0.29, 0.717) is 35.9 Å². The predicted molar refractivity (Wildman–Crippen MR) is 115 cm³/mol. The molecule has 0 aliphatic carbocycles. The molecule has 2 bridgehead atoms. The predicted octanol–water partition coefficient (Wildman–Crippen LogP) is 3.47. The lowest BCUT2D eigenvalue weighted by Crippen LogP contribution is -2.17. The van der Waals surface area contributed by atoms with Gasteiger partial charge in [-0.25, -0.2) is 14.4 Å². The first-order chi connectivity index (χ1) is 14.5. The Hall–Kier alpha value is -3.68. The first-order valence-corrected chi connectivity index (χ1v) is 9.71. The monoisotopic (exact) mass is 406 g/mol. The molecule has 0 saturated heterocycles. The molecule has 1 aromatic carbocycles. The zero-order valence-electron chi connectivity index (χ0n) is 16.8. The van der Waals surface area contributed by atoms with E-state index in [1.54, 1.807) is 24.5 Å². The molecule has 1 aliphatic rings. The van der Waals surface area contributed by atoms with E-state index in [-0.39, 0.29) is 11.6 Å². The molecular formula is C22H23FN6O. The topological polar surface area (TPSA) is 104 Å². The number of nitrogens with zero attached hydrogens (tertiary/aromatic N) is 4. The van der Waals surface area contributed by atoms with Crippen LogP contribution in [0.4, 0.5) is 10.2 Å². The van der Waals surface area contributed by atoms with Gasteiger partial charge in [-0.2, -0.15) is 0 Å². The van der Waals surface area contributed by atoms with Gasteiger partial charge in [0.2, 0.25) is 0 Å². The molecule has 0 fully saturated rings. The van der Waals surface area contributed by atoms with Crippen LogP contribution in [0.25, 0.3) is 11.4 Å². The standard InChI is InChI=1S/C22H23FN6O/c1-3-26-20-14-8-19(21(25)28-11-14)30-13(2)18-9-16(23)4-5-17(18)22-27-6-7-29(22)12-15(20)10-24/h4-11,13H,3,12,24H2,1-2H3,(H2,25,28)/t13-/m1/s1. The molecule has 0 unspecified atom stereocenters. The smallest absolute Gasteiger partial charge is 0.166 e. The number of halogens is 1. The molecule has 0 amide bonds. The summed E-state index contributed by atoms with van der Waals surface area (Å²) >= 11 is 0. The summed E-state index contributed by atoms with van der Waals surface area (Å²) in [6.45, 7) is 4.81. The number of nitrogen functional groups attached to an aromatic ring is 1. The molecular weight excluding hydrogens is 383 g/mol. The van der Waals surface area contributed by atoms with Crippen molar-refractivity contribution >= 4 is 11.5 Å². The van der Waals surface area contributed by atoms with Crippen LogP contribution in [0.2, 0.25) is 0 Å². The summed E-state index contributed by atoms with van der Waals surface area (Å²) in [6, 6.07) is 6.38. The number of hydrogen-bond donors (Lipinski definition) is 2. The van der Waals surface area contributed by atoms with Crippen LogP contribution in [-0.4, -0.2) is 26.8 Å². The second-order valence-electron chi connectivity index (χ2n) is 6.99. The molecule has 2 aromatic heterocycles. The van der Waals surface area contributed by atoms with E-state index in [9.17, 15) is 4.39 Å². The first-order valence-electron chi connectivity index (χ1n) is 9.71. The van der Waals surface area contributed by atoms with Crippen LogP contribution >= 0.6 is 0 Å². The lowest BCUT2D eigenvalue weighted by Gasteiger charge is -2.22. The number of benzene rings is 1. The van der Waals surface area contributed by atoms with Gasteiger partial charge in [0.25, 0.3) is 0 Å². The van der Waals surface area contributed by atoms with Crippen molar-refractivity contribution in [3.8, 4) is 17.1 Å². The number of ether oxygens (including phenoxy) is 1. The van der Waals surface area contributed by atoms with Gasteiger partial charge >= 0.3 is 0 Å². The number of anilines is 1. The van der Waals surface area contributed by atoms with Gasteiger partial charge in [-0.05, 0) is 38.1 Å². The number of hydrogen-bond acceptors (Lipinski definition) is 6. The summed E-state index contributed by atoms with van der Waals surface area (Å²) in [7, 11) is 0. The average molecular weight is 406 g/mol. The third-order valence-corrected chi connectivity index (χ3v) is 5.03. The van der Waals surface area contributed by atoms with E-state index in [1.165, 1.54) is 18.3 Å². The fraction of sp³-hybridized carbons (Fsp3) is 0.227. The Balaban J connectivity index is 1.98. The molecule has 3 heterocycles. The quantitative estimate of drug-likeness (QED) is 0.644. The van der Waals surface area contributed by atoms with E-state index in [0.717, 1.165) is 16.7 Å². The first kappa shape index (κ1) is 19.6. The maximum Gasteiger partial charge on any atom is 0.166 e.